The number of pyridine rings is 1. The topological polar surface area (TPSA) is 58.7 Å². The fraction of sp³-hybridized carbons (Fsp3) is 0.133. The third kappa shape index (κ3) is 2.93. The normalized spacial score (nSPS) is 18.7. The molecule has 1 fully saturated rings. The molecule has 3 rings (SSSR count). The van der Waals surface area contributed by atoms with Crippen molar-refractivity contribution in [2.24, 2.45) is 4.99 Å². The first kappa shape index (κ1) is 14.9. The van der Waals surface area contributed by atoms with Crippen LogP contribution in [0.15, 0.2) is 44.9 Å². The fourth-order valence-corrected chi connectivity index (χ4v) is 2.99. The number of amides is 1. The molecule has 0 aromatic carbocycles. The minimum atomic E-state index is -0.122. The molecule has 5 nitrogen and oxygen atoms in total. The molecule has 3 heterocycles. The highest BCUT2D eigenvalue weighted by Crippen LogP contribution is 2.34. The Morgan fingerprint density at radius 1 is 1.41 bits per heavy atom. The van der Waals surface area contributed by atoms with Crippen molar-refractivity contribution in [3.05, 3.63) is 52.0 Å². The van der Waals surface area contributed by atoms with Crippen molar-refractivity contribution in [2.75, 3.05) is 7.05 Å². The number of halogens is 1. The molecule has 1 amide bonds. The number of carbonyl (C=O) groups is 1. The van der Waals surface area contributed by atoms with Gasteiger partial charge in [-0.1, -0.05) is 11.6 Å². The zero-order valence-electron chi connectivity index (χ0n) is 11.9. The van der Waals surface area contributed by atoms with Crippen molar-refractivity contribution in [1.82, 2.24) is 9.88 Å². The van der Waals surface area contributed by atoms with Gasteiger partial charge in [-0.25, -0.2) is 4.99 Å². The maximum atomic E-state index is 12.3. The highest BCUT2D eigenvalue weighted by molar-refractivity contribution is 8.18. The van der Waals surface area contributed by atoms with Gasteiger partial charge in [-0.05, 0) is 36.9 Å². The summed E-state index contributed by atoms with van der Waals surface area (Å²) in [7, 11) is 1.68. The smallest absolute Gasteiger partial charge is 0.266 e. The number of nitrogens with zero attached hydrogens (tertiary/aromatic N) is 3. The van der Waals surface area contributed by atoms with E-state index in [1.54, 1.807) is 25.4 Å². The van der Waals surface area contributed by atoms with E-state index < -0.39 is 0 Å². The Bertz CT molecular complexity index is 798. The Morgan fingerprint density at radius 2 is 2.23 bits per heavy atom. The van der Waals surface area contributed by atoms with E-state index in [9.17, 15) is 4.79 Å². The number of hydrogen-bond donors (Lipinski definition) is 0. The number of likely N-dealkylation sites (N-methyl/N-ethyl adjacent to an activating group) is 1. The van der Waals surface area contributed by atoms with Crippen molar-refractivity contribution in [1.29, 1.82) is 0 Å². The number of thioether (sulfide) groups is 1. The Morgan fingerprint density at radius 3 is 2.91 bits per heavy atom. The molecule has 0 saturated carbocycles. The molecular weight excluding hydrogens is 322 g/mol. The van der Waals surface area contributed by atoms with Crippen molar-refractivity contribution < 1.29 is 9.21 Å². The zero-order valence-corrected chi connectivity index (χ0v) is 13.5. The summed E-state index contributed by atoms with van der Waals surface area (Å²) in [6, 6.07) is 5.38. The minimum Gasteiger partial charge on any atom is -0.462 e. The fourth-order valence-electron chi connectivity index (χ4n) is 1.87. The summed E-state index contributed by atoms with van der Waals surface area (Å²) in [5, 5.41) is 1.00. The summed E-state index contributed by atoms with van der Waals surface area (Å²) in [5.74, 6) is 1.32. The molecule has 0 spiro atoms. The third-order valence-electron chi connectivity index (χ3n) is 3.01. The number of amidine groups is 1. The second-order valence-electron chi connectivity index (χ2n) is 4.64. The molecule has 1 saturated heterocycles. The van der Waals surface area contributed by atoms with E-state index in [4.69, 9.17) is 16.0 Å². The number of carbonyl (C=O) groups excluding carboxylic acids is 1. The first-order valence-electron chi connectivity index (χ1n) is 6.47. The Hall–Kier alpha value is -2.05. The van der Waals surface area contributed by atoms with Gasteiger partial charge < -0.3 is 4.42 Å². The van der Waals surface area contributed by atoms with E-state index in [2.05, 4.69) is 9.98 Å². The van der Waals surface area contributed by atoms with Crippen molar-refractivity contribution in [3.63, 3.8) is 0 Å². The first-order chi connectivity index (χ1) is 10.5. The molecule has 0 bridgehead atoms. The predicted octanol–water partition coefficient (Wildman–Crippen LogP) is 3.87. The van der Waals surface area contributed by atoms with Crippen LogP contribution in [-0.4, -0.2) is 28.0 Å². The Balaban J connectivity index is 1.92. The lowest BCUT2D eigenvalue weighted by Crippen LogP contribution is -2.23. The second kappa shape index (κ2) is 5.98. The van der Waals surface area contributed by atoms with Crippen molar-refractivity contribution in [3.8, 4) is 0 Å². The molecule has 1 aliphatic rings. The summed E-state index contributed by atoms with van der Waals surface area (Å²) < 4.78 is 5.47. The van der Waals surface area contributed by atoms with Crippen molar-refractivity contribution in [2.45, 2.75) is 6.92 Å². The molecule has 112 valence electrons. The van der Waals surface area contributed by atoms with Gasteiger partial charge in [0.1, 0.15) is 11.5 Å². The van der Waals surface area contributed by atoms with Gasteiger partial charge in [0.2, 0.25) is 0 Å². The second-order valence-corrected chi connectivity index (χ2v) is 6.06. The molecule has 2 aromatic heterocycles. The van der Waals surface area contributed by atoms with Crippen LogP contribution in [0.3, 0.4) is 0 Å². The van der Waals surface area contributed by atoms with E-state index in [0.29, 0.717) is 26.5 Å². The van der Waals surface area contributed by atoms with Crippen LogP contribution < -0.4 is 0 Å². The summed E-state index contributed by atoms with van der Waals surface area (Å²) in [6.45, 7) is 1.86. The number of aromatic nitrogens is 1. The summed E-state index contributed by atoms with van der Waals surface area (Å²) in [4.78, 5) is 22.7. The number of rotatable bonds is 2. The van der Waals surface area contributed by atoms with Crippen molar-refractivity contribution >= 4 is 46.2 Å². The van der Waals surface area contributed by atoms with E-state index in [0.717, 1.165) is 5.76 Å². The molecule has 0 N–H and O–H groups in total. The minimum absolute atomic E-state index is 0.122. The molecule has 0 unspecified atom stereocenters. The number of aryl methyl sites for hydroxylation is 1. The maximum Gasteiger partial charge on any atom is 0.266 e. The summed E-state index contributed by atoms with van der Waals surface area (Å²) in [6.07, 6.45) is 4.84. The van der Waals surface area contributed by atoms with Crippen LogP contribution in [-0.2, 0) is 4.79 Å². The number of aliphatic imine (C=N–C) groups is 1. The largest absolute Gasteiger partial charge is 0.462 e. The highest BCUT2D eigenvalue weighted by atomic mass is 35.5. The third-order valence-corrected chi connectivity index (χ3v) is 4.36. The van der Waals surface area contributed by atoms with Crippen LogP contribution in [0.2, 0.25) is 5.02 Å². The van der Waals surface area contributed by atoms with Crippen LogP contribution in [0.4, 0.5) is 5.69 Å². The van der Waals surface area contributed by atoms with Crippen LogP contribution >= 0.6 is 23.4 Å². The lowest BCUT2D eigenvalue weighted by molar-refractivity contribution is -0.121. The van der Waals surface area contributed by atoms with Crippen LogP contribution in [0, 0.1) is 6.92 Å². The summed E-state index contributed by atoms with van der Waals surface area (Å²) >= 11 is 7.33. The SMILES string of the molecule is Cc1ccc(/C=C2/SC(=Nc3ccncc3Cl)N(C)C2=O)o1. The van der Waals surface area contributed by atoms with E-state index in [1.807, 2.05) is 19.1 Å². The van der Waals surface area contributed by atoms with E-state index >= 15 is 0 Å². The standard InChI is InChI=1S/C15H12ClN3O2S/c1-9-3-4-10(21-9)7-13-14(20)19(2)15(22-13)18-12-5-6-17-8-11(12)16/h3-8H,1-2H3/b13-7+,18-15?. The van der Waals surface area contributed by atoms with Gasteiger partial charge in [-0.2, -0.15) is 0 Å². The highest BCUT2D eigenvalue weighted by Gasteiger charge is 2.30. The van der Waals surface area contributed by atoms with Crippen LogP contribution in [0.25, 0.3) is 6.08 Å². The van der Waals surface area contributed by atoms with Gasteiger partial charge in [-0.15, -0.1) is 0 Å². The monoisotopic (exact) mass is 333 g/mol. The Labute approximate surface area is 136 Å². The molecule has 0 atom stereocenters. The van der Waals surface area contributed by atoms with E-state index in [-0.39, 0.29) is 5.91 Å². The lowest BCUT2D eigenvalue weighted by atomic mass is 10.3. The molecule has 0 aliphatic carbocycles. The molecule has 0 radical (unpaired) electrons. The Kier molecular flexibility index (Phi) is 4.04. The van der Waals surface area contributed by atoms with Gasteiger partial charge in [-0.3, -0.25) is 14.7 Å². The molecule has 2 aromatic rings. The average molecular weight is 334 g/mol. The van der Waals surface area contributed by atoms with Gasteiger partial charge in [0, 0.05) is 25.5 Å². The van der Waals surface area contributed by atoms with Gasteiger partial charge in [0.05, 0.1) is 15.6 Å². The summed E-state index contributed by atoms with van der Waals surface area (Å²) in [5.41, 5.74) is 0.578. The van der Waals surface area contributed by atoms with Gasteiger partial charge in [0.25, 0.3) is 5.91 Å². The van der Waals surface area contributed by atoms with E-state index in [1.165, 1.54) is 22.9 Å². The van der Waals surface area contributed by atoms with Crippen LogP contribution in [0.1, 0.15) is 11.5 Å². The lowest BCUT2D eigenvalue weighted by Gasteiger charge is -2.07. The molecule has 1 aliphatic heterocycles. The molecule has 7 heteroatoms. The molecular formula is C15H12ClN3O2S. The quantitative estimate of drug-likeness (QED) is 0.783. The molecule has 22 heavy (non-hydrogen) atoms. The van der Waals surface area contributed by atoms with Gasteiger partial charge in [0.15, 0.2) is 5.17 Å². The average Bonchev–Trinajstić information content (AvgIpc) is 3.01. The zero-order chi connectivity index (χ0) is 15.7. The van der Waals surface area contributed by atoms with Crippen LogP contribution in [0.5, 0.6) is 0 Å². The number of hydrogen-bond acceptors (Lipinski definition) is 5. The van der Waals surface area contributed by atoms with Gasteiger partial charge >= 0.3 is 0 Å². The predicted molar refractivity (Wildman–Crippen MR) is 88.1 cm³/mol. The number of furan rings is 1. The first-order valence-corrected chi connectivity index (χ1v) is 7.66. The maximum absolute atomic E-state index is 12.3.